The third-order valence-electron chi connectivity index (χ3n) is 2.89. The fourth-order valence-corrected chi connectivity index (χ4v) is 1.68. The van der Waals surface area contributed by atoms with Gasteiger partial charge < -0.3 is 20.1 Å². The molecular weight excluding hydrogens is 381 g/mol. The quantitative estimate of drug-likeness (QED) is 0.301. The lowest BCUT2D eigenvalue weighted by molar-refractivity contribution is 0.208. The van der Waals surface area contributed by atoms with Gasteiger partial charge in [-0.3, -0.25) is 4.99 Å². The molecule has 0 spiro atoms. The van der Waals surface area contributed by atoms with E-state index in [9.17, 15) is 0 Å². The fourth-order valence-electron chi connectivity index (χ4n) is 1.68. The first-order chi connectivity index (χ1) is 9.88. The number of guanidine groups is 1. The molecule has 0 aromatic heterocycles. The van der Waals surface area contributed by atoms with Gasteiger partial charge in [0, 0.05) is 13.2 Å². The van der Waals surface area contributed by atoms with Crippen LogP contribution in [0.2, 0.25) is 0 Å². The van der Waals surface area contributed by atoms with Crippen molar-refractivity contribution in [3.63, 3.8) is 0 Å². The lowest BCUT2D eigenvalue weighted by atomic mass is 10.3. The molecule has 1 aliphatic rings. The molecule has 2 N–H and O–H groups in total. The number of ether oxygens (including phenoxy) is 2. The van der Waals surface area contributed by atoms with Gasteiger partial charge in [-0.15, -0.1) is 24.0 Å². The number of halogens is 1. The van der Waals surface area contributed by atoms with Crippen molar-refractivity contribution in [1.82, 2.24) is 10.6 Å². The Morgan fingerprint density at radius 2 is 2.00 bits per heavy atom. The molecule has 21 heavy (non-hydrogen) atoms. The Labute approximate surface area is 143 Å². The topological polar surface area (TPSA) is 54.9 Å². The molecule has 0 atom stereocenters. The van der Waals surface area contributed by atoms with E-state index in [0.29, 0.717) is 25.8 Å². The Hall–Kier alpha value is -1.02. The van der Waals surface area contributed by atoms with E-state index < -0.39 is 0 Å². The maximum atomic E-state index is 5.63. The zero-order valence-corrected chi connectivity index (χ0v) is 14.7. The van der Waals surface area contributed by atoms with E-state index in [2.05, 4.69) is 15.6 Å². The fraction of sp³-hybridized carbons (Fsp3) is 0.533. The number of hydrogen-bond acceptors (Lipinski definition) is 3. The Morgan fingerprint density at radius 3 is 2.67 bits per heavy atom. The number of nitrogens with one attached hydrogen (secondary N) is 2. The molecule has 2 rings (SSSR count). The van der Waals surface area contributed by atoms with Crippen molar-refractivity contribution in [3.05, 3.63) is 30.3 Å². The molecule has 6 heteroatoms. The van der Waals surface area contributed by atoms with Crippen LogP contribution in [-0.2, 0) is 4.74 Å². The molecular formula is C15H24IN3O2. The monoisotopic (exact) mass is 405 g/mol. The van der Waals surface area contributed by atoms with E-state index in [1.807, 2.05) is 30.3 Å². The molecule has 1 aliphatic carbocycles. The molecule has 0 radical (unpaired) electrons. The Morgan fingerprint density at radius 1 is 1.24 bits per heavy atom. The zero-order chi connectivity index (χ0) is 14.0. The van der Waals surface area contributed by atoms with Crippen molar-refractivity contribution in [1.29, 1.82) is 0 Å². The van der Waals surface area contributed by atoms with Gasteiger partial charge in [0.05, 0.1) is 19.7 Å². The second kappa shape index (κ2) is 10.7. The molecule has 0 aliphatic heterocycles. The number of aliphatic imine (C=N–C) groups is 1. The lowest BCUT2D eigenvalue weighted by Crippen LogP contribution is -2.40. The van der Waals surface area contributed by atoms with Crippen molar-refractivity contribution in [3.8, 4) is 5.75 Å². The zero-order valence-electron chi connectivity index (χ0n) is 12.4. The van der Waals surface area contributed by atoms with Gasteiger partial charge in [-0.1, -0.05) is 18.2 Å². The Kier molecular flexibility index (Phi) is 9.16. The van der Waals surface area contributed by atoms with Gasteiger partial charge in [-0.25, -0.2) is 0 Å². The van der Waals surface area contributed by atoms with Crippen LogP contribution in [0.4, 0.5) is 0 Å². The minimum absolute atomic E-state index is 0. The van der Waals surface area contributed by atoms with Gasteiger partial charge in [0.2, 0.25) is 0 Å². The molecule has 1 aromatic carbocycles. The molecule has 1 fully saturated rings. The molecule has 5 nitrogen and oxygen atoms in total. The molecule has 0 unspecified atom stereocenters. The summed E-state index contributed by atoms with van der Waals surface area (Å²) < 4.78 is 10.6. The minimum atomic E-state index is 0. The van der Waals surface area contributed by atoms with Crippen molar-refractivity contribution in [2.75, 3.05) is 33.4 Å². The van der Waals surface area contributed by atoms with E-state index in [-0.39, 0.29) is 24.0 Å². The maximum Gasteiger partial charge on any atom is 0.191 e. The molecule has 0 amide bonds. The van der Waals surface area contributed by atoms with Gasteiger partial charge in [0.1, 0.15) is 12.4 Å². The summed E-state index contributed by atoms with van der Waals surface area (Å²) in [6, 6.07) is 10.4. The highest BCUT2D eigenvalue weighted by atomic mass is 127. The van der Waals surface area contributed by atoms with E-state index in [1.165, 1.54) is 12.8 Å². The molecule has 118 valence electrons. The first-order valence-corrected chi connectivity index (χ1v) is 7.10. The van der Waals surface area contributed by atoms with Gasteiger partial charge >= 0.3 is 0 Å². The Balaban J connectivity index is 0.00000220. The number of methoxy groups -OCH3 is 1. The summed E-state index contributed by atoms with van der Waals surface area (Å²) in [5, 5.41) is 6.65. The minimum Gasteiger partial charge on any atom is -0.492 e. The first kappa shape index (κ1) is 18.0. The van der Waals surface area contributed by atoms with Crippen LogP contribution in [0.1, 0.15) is 12.8 Å². The van der Waals surface area contributed by atoms with Crippen LogP contribution in [0.3, 0.4) is 0 Å². The predicted octanol–water partition coefficient (Wildman–Crippen LogP) is 2.03. The number of rotatable bonds is 8. The normalized spacial score (nSPS) is 14.2. The lowest BCUT2D eigenvalue weighted by Gasteiger charge is -2.12. The van der Waals surface area contributed by atoms with Crippen LogP contribution >= 0.6 is 24.0 Å². The smallest absolute Gasteiger partial charge is 0.191 e. The van der Waals surface area contributed by atoms with Gasteiger partial charge in [-0.05, 0) is 25.0 Å². The predicted molar refractivity (Wildman–Crippen MR) is 95.7 cm³/mol. The van der Waals surface area contributed by atoms with E-state index >= 15 is 0 Å². The highest BCUT2D eigenvalue weighted by molar-refractivity contribution is 14.0. The first-order valence-electron chi connectivity index (χ1n) is 7.10. The van der Waals surface area contributed by atoms with Crippen LogP contribution < -0.4 is 15.4 Å². The second-order valence-electron chi connectivity index (χ2n) is 4.73. The Bertz CT molecular complexity index is 411. The number of para-hydroxylation sites is 1. The van der Waals surface area contributed by atoms with E-state index in [0.717, 1.165) is 18.3 Å². The summed E-state index contributed by atoms with van der Waals surface area (Å²) in [5.41, 5.74) is 0. The number of nitrogens with zero attached hydrogens (tertiary/aromatic N) is 1. The summed E-state index contributed by atoms with van der Waals surface area (Å²) >= 11 is 0. The van der Waals surface area contributed by atoms with Crippen molar-refractivity contribution < 1.29 is 9.47 Å². The maximum absolute atomic E-state index is 5.63. The summed E-state index contributed by atoms with van der Waals surface area (Å²) in [4.78, 5) is 4.45. The standard InChI is InChI=1S/C15H23N3O2.HI/c1-19-11-9-16-15(18-13-7-8-13)17-10-12-20-14-5-3-2-4-6-14;/h2-6,13H,7-12H2,1H3,(H2,16,17,18);1H. The van der Waals surface area contributed by atoms with Gasteiger partial charge in [0.15, 0.2) is 5.96 Å². The third-order valence-corrected chi connectivity index (χ3v) is 2.89. The van der Waals surface area contributed by atoms with Crippen molar-refractivity contribution in [2.45, 2.75) is 18.9 Å². The highest BCUT2D eigenvalue weighted by Gasteiger charge is 2.22. The van der Waals surface area contributed by atoms with Crippen LogP contribution in [0.5, 0.6) is 5.75 Å². The summed E-state index contributed by atoms with van der Waals surface area (Å²) in [6.07, 6.45) is 2.46. The van der Waals surface area contributed by atoms with Gasteiger partial charge in [-0.2, -0.15) is 0 Å². The van der Waals surface area contributed by atoms with Crippen LogP contribution in [-0.4, -0.2) is 45.4 Å². The van der Waals surface area contributed by atoms with Crippen LogP contribution in [0.25, 0.3) is 0 Å². The SMILES string of the molecule is COCCN=C(NCCOc1ccccc1)NC1CC1.I. The van der Waals surface area contributed by atoms with Crippen LogP contribution in [0.15, 0.2) is 35.3 Å². The molecule has 0 saturated heterocycles. The largest absolute Gasteiger partial charge is 0.492 e. The molecule has 1 aromatic rings. The summed E-state index contributed by atoms with van der Waals surface area (Å²) in [6.45, 7) is 2.64. The average Bonchev–Trinajstić information content (AvgIpc) is 3.28. The molecule has 1 saturated carbocycles. The van der Waals surface area contributed by atoms with Gasteiger partial charge in [0.25, 0.3) is 0 Å². The number of hydrogen-bond donors (Lipinski definition) is 2. The van der Waals surface area contributed by atoms with Crippen LogP contribution in [0, 0.1) is 0 Å². The third kappa shape index (κ3) is 8.11. The second-order valence-corrected chi connectivity index (χ2v) is 4.73. The average molecular weight is 405 g/mol. The summed E-state index contributed by atoms with van der Waals surface area (Å²) in [7, 11) is 1.69. The molecule has 0 heterocycles. The number of benzene rings is 1. The van der Waals surface area contributed by atoms with Crippen molar-refractivity contribution >= 4 is 29.9 Å². The van der Waals surface area contributed by atoms with E-state index in [1.54, 1.807) is 7.11 Å². The highest BCUT2D eigenvalue weighted by Crippen LogP contribution is 2.18. The summed E-state index contributed by atoms with van der Waals surface area (Å²) in [5.74, 6) is 1.74. The molecule has 0 bridgehead atoms. The van der Waals surface area contributed by atoms with E-state index in [4.69, 9.17) is 9.47 Å². The van der Waals surface area contributed by atoms with Crippen molar-refractivity contribution in [2.24, 2.45) is 4.99 Å².